The van der Waals surface area contributed by atoms with Gasteiger partial charge in [-0.15, -0.1) is 0 Å². The van der Waals surface area contributed by atoms with Crippen molar-refractivity contribution in [1.29, 1.82) is 0 Å². The Morgan fingerprint density at radius 1 is 1.35 bits per heavy atom. The van der Waals surface area contributed by atoms with Gasteiger partial charge in [0.15, 0.2) is 0 Å². The number of furan rings is 1. The second kappa shape index (κ2) is 6.22. The molecule has 0 atom stereocenters. The summed E-state index contributed by atoms with van der Waals surface area (Å²) in [7, 11) is 0. The molecule has 1 aliphatic rings. The Labute approximate surface area is 104 Å². The molecule has 96 valence electrons. The molecule has 2 heterocycles. The molecule has 0 radical (unpaired) electrons. The van der Waals surface area contributed by atoms with E-state index >= 15 is 0 Å². The average Bonchev–Trinajstić information content (AvgIpc) is 2.83. The highest BCUT2D eigenvalue weighted by Gasteiger charge is 2.33. The summed E-state index contributed by atoms with van der Waals surface area (Å²) in [5, 5.41) is 3.56. The van der Waals surface area contributed by atoms with Gasteiger partial charge in [0.05, 0.1) is 6.26 Å². The summed E-state index contributed by atoms with van der Waals surface area (Å²) in [5.41, 5.74) is 0.325. The molecule has 3 heteroatoms. The summed E-state index contributed by atoms with van der Waals surface area (Å²) < 4.78 is 11.0. The Kier molecular flexibility index (Phi) is 4.63. The van der Waals surface area contributed by atoms with Crippen molar-refractivity contribution in [3.05, 3.63) is 24.2 Å². The third-order valence-electron chi connectivity index (χ3n) is 3.61. The normalized spacial score (nSPS) is 19.4. The van der Waals surface area contributed by atoms with E-state index in [9.17, 15) is 0 Å². The Bertz CT molecular complexity index is 302. The van der Waals surface area contributed by atoms with Gasteiger partial charge in [-0.05, 0) is 43.4 Å². The van der Waals surface area contributed by atoms with Crippen LogP contribution in [0.25, 0.3) is 0 Å². The molecule has 1 aromatic rings. The molecule has 1 aromatic heterocycles. The fraction of sp³-hybridized carbons (Fsp3) is 0.714. The zero-order chi connectivity index (χ0) is 12.0. The van der Waals surface area contributed by atoms with E-state index in [0.29, 0.717) is 5.41 Å². The molecular weight excluding hydrogens is 214 g/mol. The first-order chi connectivity index (χ1) is 8.35. The first-order valence-electron chi connectivity index (χ1n) is 6.65. The highest BCUT2D eigenvalue weighted by molar-refractivity contribution is 5.03. The molecule has 1 aliphatic heterocycles. The van der Waals surface area contributed by atoms with Crippen molar-refractivity contribution >= 4 is 0 Å². The Balaban J connectivity index is 1.95. The van der Waals surface area contributed by atoms with Gasteiger partial charge in [-0.3, -0.25) is 0 Å². The molecule has 0 spiro atoms. The summed E-state index contributed by atoms with van der Waals surface area (Å²) in [6.45, 7) is 6.14. The molecule has 0 aromatic carbocycles. The van der Waals surface area contributed by atoms with Gasteiger partial charge in [0.25, 0.3) is 0 Å². The minimum absolute atomic E-state index is 0.325. The fourth-order valence-electron chi connectivity index (χ4n) is 2.53. The van der Waals surface area contributed by atoms with Crippen molar-refractivity contribution in [3.8, 4) is 0 Å². The quantitative estimate of drug-likeness (QED) is 0.772. The zero-order valence-electron chi connectivity index (χ0n) is 10.7. The van der Waals surface area contributed by atoms with Crippen molar-refractivity contribution in [2.24, 2.45) is 5.41 Å². The lowest BCUT2D eigenvalue weighted by molar-refractivity contribution is 0.0127. The third-order valence-corrected chi connectivity index (χ3v) is 3.61. The molecule has 0 amide bonds. The van der Waals surface area contributed by atoms with Gasteiger partial charge < -0.3 is 14.5 Å². The monoisotopic (exact) mass is 237 g/mol. The van der Waals surface area contributed by atoms with Gasteiger partial charge in [0.2, 0.25) is 0 Å². The maximum atomic E-state index is 5.50. The second-order valence-electron chi connectivity index (χ2n) is 5.05. The molecule has 1 N–H and O–H groups in total. The maximum absolute atomic E-state index is 5.50. The molecule has 17 heavy (non-hydrogen) atoms. The first kappa shape index (κ1) is 12.7. The van der Waals surface area contributed by atoms with E-state index < -0.39 is 0 Å². The second-order valence-corrected chi connectivity index (χ2v) is 5.05. The van der Waals surface area contributed by atoms with Gasteiger partial charge in [0.1, 0.15) is 5.76 Å². The molecular formula is C14H23NO2. The summed E-state index contributed by atoms with van der Waals surface area (Å²) in [5.74, 6) is 1.10. The van der Waals surface area contributed by atoms with Crippen LogP contribution in [0.1, 0.15) is 31.9 Å². The van der Waals surface area contributed by atoms with Crippen LogP contribution in [0.4, 0.5) is 0 Å². The Hall–Kier alpha value is -0.800. The lowest BCUT2D eigenvalue weighted by atomic mass is 9.76. The zero-order valence-corrected chi connectivity index (χ0v) is 10.7. The van der Waals surface area contributed by atoms with Crippen LogP contribution in [0.5, 0.6) is 0 Å². The molecule has 0 saturated carbocycles. The summed E-state index contributed by atoms with van der Waals surface area (Å²) >= 11 is 0. The van der Waals surface area contributed by atoms with Crippen LogP contribution in [0.15, 0.2) is 22.8 Å². The van der Waals surface area contributed by atoms with Crippen LogP contribution in [-0.4, -0.2) is 26.3 Å². The third kappa shape index (κ3) is 3.58. The number of hydrogen-bond acceptors (Lipinski definition) is 3. The number of nitrogens with one attached hydrogen (secondary N) is 1. The van der Waals surface area contributed by atoms with E-state index in [1.54, 1.807) is 6.26 Å². The van der Waals surface area contributed by atoms with E-state index in [1.807, 2.05) is 6.07 Å². The number of rotatable bonds is 6. The van der Waals surface area contributed by atoms with E-state index in [-0.39, 0.29) is 0 Å². The van der Waals surface area contributed by atoms with E-state index in [1.165, 1.54) is 6.42 Å². The minimum atomic E-state index is 0.325. The lowest BCUT2D eigenvalue weighted by Gasteiger charge is -2.37. The largest absolute Gasteiger partial charge is 0.469 e. The van der Waals surface area contributed by atoms with Crippen LogP contribution in [-0.2, 0) is 11.2 Å². The Morgan fingerprint density at radius 2 is 2.18 bits per heavy atom. The molecule has 1 fully saturated rings. The Morgan fingerprint density at radius 3 is 2.82 bits per heavy atom. The van der Waals surface area contributed by atoms with Crippen molar-refractivity contribution in [2.75, 3.05) is 26.3 Å². The van der Waals surface area contributed by atoms with Gasteiger partial charge in [-0.1, -0.05) is 6.92 Å². The standard InChI is InChI=1S/C14H23NO2/c1-2-7-15-12-14(5-9-16-10-6-14)11-13-4-3-8-17-13/h3-4,8,15H,2,5-7,9-12H2,1H3. The smallest absolute Gasteiger partial charge is 0.104 e. The van der Waals surface area contributed by atoms with E-state index in [4.69, 9.17) is 9.15 Å². The van der Waals surface area contributed by atoms with Crippen molar-refractivity contribution in [1.82, 2.24) is 5.32 Å². The van der Waals surface area contributed by atoms with Crippen molar-refractivity contribution in [3.63, 3.8) is 0 Å². The van der Waals surface area contributed by atoms with Crippen LogP contribution in [0, 0.1) is 5.41 Å². The predicted molar refractivity (Wildman–Crippen MR) is 68.1 cm³/mol. The van der Waals surface area contributed by atoms with Crippen LogP contribution < -0.4 is 5.32 Å². The summed E-state index contributed by atoms with van der Waals surface area (Å²) in [6.07, 6.45) is 6.24. The predicted octanol–water partition coefficient (Wildman–Crippen LogP) is 2.62. The SMILES string of the molecule is CCCNCC1(Cc2ccco2)CCOCC1. The topological polar surface area (TPSA) is 34.4 Å². The lowest BCUT2D eigenvalue weighted by Crippen LogP contribution is -2.41. The van der Waals surface area contributed by atoms with Crippen molar-refractivity contribution < 1.29 is 9.15 Å². The molecule has 0 bridgehead atoms. The highest BCUT2D eigenvalue weighted by atomic mass is 16.5. The molecule has 0 unspecified atom stereocenters. The van der Waals surface area contributed by atoms with Crippen LogP contribution in [0.2, 0.25) is 0 Å². The van der Waals surface area contributed by atoms with Crippen LogP contribution in [0.3, 0.4) is 0 Å². The van der Waals surface area contributed by atoms with Gasteiger partial charge >= 0.3 is 0 Å². The van der Waals surface area contributed by atoms with E-state index in [0.717, 1.165) is 51.3 Å². The maximum Gasteiger partial charge on any atom is 0.104 e. The summed E-state index contributed by atoms with van der Waals surface area (Å²) in [4.78, 5) is 0. The summed E-state index contributed by atoms with van der Waals surface area (Å²) in [6, 6.07) is 4.05. The van der Waals surface area contributed by atoms with Gasteiger partial charge in [0, 0.05) is 26.2 Å². The molecule has 0 aliphatic carbocycles. The van der Waals surface area contributed by atoms with Gasteiger partial charge in [-0.25, -0.2) is 0 Å². The number of ether oxygens (including phenoxy) is 1. The first-order valence-corrected chi connectivity index (χ1v) is 6.65. The average molecular weight is 237 g/mol. The van der Waals surface area contributed by atoms with Crippen molar-refractivity contribution in [2.45, 2.75) is 32.6 Å². The van der Waals surface area contributed by atoms with Gasteiger partial charge in [-0.2, -0.15) is 0 Å². The molecule has 1 saturated heterocycles. The number of hydrogen-bond donors (Lipinski definition) is 1. The highest BCUT2D eigenvalue weighted by Crippen LogP contribution is 2.33. The molecule has 2 rings (SSSR count). The molecule has 3 nitrogen and oxygen atoms in total. The van der Waals surface area contributed by atoms with E-state index in [2.05, 4.69) is 18.3 Å². The van der Waals surface area contributed by atoms with Crippen LogP contribution >= 0.6 is 0 Å². The minimum Gasteiger partial charge on any atom is -0.469 e. The fourth-order valence-corrected chi connectivity index (χ4v) is 2.53.